The molecule has 1 aliphatic heterocycles. The summed E-state index contributed by atoms with van der Waals surface area (Å²) in [6.07, 6.45) is 0.593. The third-order valence-corrected chi connectivity index (χ3v) is 5.23. The van der Waals surface area contributed by atoms with Crippen LogP contribution in [0.5, 0.6) is 0 Å². The first-order valence-corrected chi connectivity index (χ1v) is 8.50. The van der Waals surface area contributed by atoms with Gasteiger partial charge in [-0.1, -0.05) is 11.2 Å². The molecule has 1 aliphatic rings. The average molecular weight is 357 g/mol. The van der Waals surface area contributed by atoms with Gasteiger partial charge in [0.1, 0.15) is 5.76 Å². The van der Waals surface area contributed by atoms with Gasteiger partial charge in [-0.15, -0.1) is 0 Å². The van der Waals surface area contributed by atoms with E-state index in [-0.39, 0.29) is 0 Å². The van der Waals surface area contributed by atoms with Crippen molar-refractivity contribution in [2.24, 2.45) is 0 Å². The summed E-state index contributed by atoms with van der Waals surface area (Å²) in [4.78, 5) is 11.1. The first kappa shape index (κ1) is 18.5. The highest BCUT2D eigenvalue weighted by atomic mass is 16.7. The fraction of sp³-hybridized carbons (Fsp3) is 0.444. The molecular formula is C18H24BN3O4. The zero-order valence-electron chi connectivity index (χ0n) is 16.0. The molecule has 3 rings (SSSR count). The van der Waals surface area contributed by atoms with Crippen LogP contribution in [0, 0.1) is 13.8 Å². The van der Waals surface area contributed by atoms with Gasteiger partial charge >= 0.3 is 7.12 Å². The molecule has 0 bridgehead atoms. The minimum atomic E-state index is -0.662. The Labute approximate surface area is 153 Å². The Morgan fingerprint density at radius 2 is 1.77 bits per heavy atom. The SMILES string of the molecule is Cc1noc(C)c1-c1cc(N)c(NC=O)c(B2OC(C)(C)C(C)(C)O2)c1. The number of aromatic nitrogens is 1. The molecular weight excluding hydrogens is 333 g/mol. The minimum absolute atomic E-state index is 0.416. The van der Waals surface area contributed by atoms with E-state index in [9.17, 15) is 4.79 Å². The number of nitrogens with two attached hydrogens (primary N) is 1. The van der Waals surface area contributed by atoms with Crippen molar-refractivity contribution in [3.8, 4) is 11.1 Å². The molecule has 0 spiro atoms. The van der Waals surface area contributed by atoms with Crippen LogP contribution >= 0.6 is 0 Å². The van der Waals surface area contributed by atoms with Crippen LogP contribution in [0.3, 0.4) is 0 Å². The Morgan fingerprint density at radius 3 is 2.27 bits per heavy atom. The summed E-state index contributed by atoms with van der Waals surface area (Å²) in [6.45, 7) is 11.6. The van der Waals surface area contributed by atoms with Crippen molar-refractivity contribution in [1.82, 2.24) is 5.16 Å². The molecule has 8 heteroatoms. The second kappa shape index (κ2) is 6.14. The van der Waals surface area contributed by atoms with Crippen molar-refractivity contribution >= 4 is 30.4 Å². The number of nitrogens with zero attached hydrogens (tertiary/aromatic N) is 1. The molecule has 0 atom stereocenters. The van der Waals surface area contributed by atoms with Gasteiger partial charge < -0.3 is 24.9 Å². The predicted octanol–water partition coefficient (Wildman–Crippen LogP) is 2.41. The Hall–Kier alpha value is -2.32. The fourth-order valence-corrected chi connectivity index (χ4v) is 3.11. The van der Waals surface area contributed by atoms with Crippen molar-refractivity contribution in [3.63, 3.8) is 0 Å². The van der Waals surface area contributed by atoms with E-state index in [1.165, 1.54) is 0 Å². The van der Waals surface area contributed by atoms with E-state index in [0.29, 0.717) is 29.0 Å². The Balaban J connectivity index is 2.16. The molecule has 1 saturated heterocycles. The lowest BCUT2D eigenvalue weighted by atomic mass is 9.76. The van der Waals surface area contributed by atoms with Gasteiger partial charge in [0.2, 0.25) is 6.41 Å². The molecule has 1 fully saturated rings. The lowest BCUT2D eigenvalue weighted by molar-refractivity contribution is -0.105. The topological polar surface area (TPSA) is 99.6 Å². The molecule has 3 N–H and O–H groups in total. The highest BCUT2D eigenvalue weighted by molar-refractivity contribution is 6.64. The summed E-state index contributed by atoms with van der Waals surface area (Å²) in [6, 6.07) is 3.68. The zero-order valence-corrected chi connectivity index (χ0v) is 16.0. The first-order chi connectivity index (χ1) is 12.1. The maximum absolute atomic E-state index is 11.1. The summed E-state index contributed by atoms with van der Waals surface area (Å²) in [5.74, 6) is 0.692. The number of carbonyl (C=O) groups is 1. The Kier molecular flexibility index (Phi) is 4.36. The molecule has 1 aromatic carbocycles. The highest BCUT2D eigenvalue weighted by Crippen LogP contribution is 2.38. The maximum atomic E-state index is 11.1. The standard InChI is InChI=1S/C18H24BN3O4/c1-10-15(11(2)24-22-10)12-7-13(16(21-9-23)14(20)8-12)19-25-17(3,4)18(5,6)26-19/h7-9H,20H2,1-6H3,(H,21,23). The molecule has 138 valence electrons. The van der Waals surface area contributed by atoms with Crippen LogP contribution in [0.25, 0.3) is 11.1 Å². The minimum Gasteiger partial charge on any atom is -0.399 e. The number of aryl methyl sites for hydroxylation is 2. The van der Waals surface area contributed by atoms with Gasteiger partial charge in [0, 0.05) is 11.0 Å². The number of hydrogen-bond donors (Lipinski definition) is 2. The highest BCUT2D eigenvalue weighted by Gasteiger charge is 2.52. The van der Waals surface area contributed by atoms with Crippen LogP contribution in [0.2, 0.25) is 0 Å². The van der Waals surface area contributed by atoms with Crippen molar-refractivity contribution in [2.45, 2.75) is 52.7 Å². The van der Waals surface area contributed by atoms with Crippen LogP contribution in [0.1, 0.15) is 39.1 Å². The van der Waals surface area contributed by atoms with Gasteiger partial charge in [0.15, 0.2) is 0 Å². The summed E-state index contributed by atoms with van der Waals surface area (Å²) >= 11 is 0. The normalized spacial score (nSPS) is 18.2. The fourth-order valence-electron chi connectivity index (χ4n) is 3.11. The van der Waals surface area contributed by atoms with E-state index in [1.54, 1.807) is 6.07 Å². The van der Waals surface area contributed by atoms with Crippen LogP contribution < -0.4 is 16.5 Å². The number of amides is 1. The van der Waals surface area contributed by atoms with Crippen LogP contribution in [0.15, 0.2) is 16.7 Å². The number of nitrogens with one attached hydrogen (secondary N) is 1. The van der Waals surface area contributed by atoms with E-state index in [2.05, 4.69) is 10.5 Å². The van der Waals surface area contributed by atoms with Gasteiger partial charge in [-0.2, -0.15) is 0 Å². The lowest BCUT2D eigenvalue weighted by Gasteiger charge is -2.32. The molecule has 0 aliphatic carbocycles. The quantitative estimate of drug-likeness (QED) is 0.495. The zero-order chi connectivity index (χ0) is 19.3. The van der Waals surface area contributed by atoms with E-state index in [1.807, 2.05) is 47.6 Å². The number of hydrogen-bond acceptors (Lipinski definition) is 6. The van der Waals surface area contributed by atoms with Crippen LogP contribution in [-0.2, 0) is 14.1 Å². The van der Waals surface area contributed by atoms with E-state index < -0.39 is 18.3 Å². The van der Waals surface area contributed by atoms with Crippen molar-refractivity contribution in [3.05, 3.63) is 23.6 Å². The van der Waals surface area contributed by atoms with E-state index >= 15 is 0 Å². The largest absolute Gasteiger partial charge is 0.497 e. The monoisotopic (exact) mass is 357 g/mol. The Morgan fingerprint density at radius 1 is 1.15 bits per heavy atom. The number of anilines is 2. The molecule has 0 radical (unpaired) electrons. The number of nitrogen functional groups attached to an aromatic ring is 1. The molecule has 26 heavy (non-hydrogen) atoms. The van der Waals surface area contributed by atoms with Gasteiger partial charge in [0.05, 0.1) is 28.3 Å². The molecule has 7 nitrogen and oxygen atoms in total. The molecule has 1 amide bonds. The van der Waals surface area contributed by atoms with E-state index in [0.717, 1.165) is 16.8 Å². The van der Waals surface area contributed by atoms with Crippen molar-refractivity contribution in [1.29, 1.82) is 0 Å². The van der Waals surface area contributed by atoms with Crippen molar-refractivity contribution in [2.75, 3.05) is 11.1 Å². The summed E-state index contributed by atoms with van der Waals surface area (Å²) < 4.78 is 17.6. The maximum Gasteiger partial charge on any atom is 0.497 e. The van der Waals surface area contributed by atoms with Gasteiger partial charge in [-0.3, -0.25) is 4.79 Å². The second-order valence-corrected chi connectivity index (χ2v) is 7.58. The van der Waals surface area contributed by atoms with Crippen LogP contribution in [-0.4, -0.2) is 29.9 Å². The number of benzene rings is 1. The van der Waals surface area contributed by atoms with Gasteiger partial charge in [-0.25, -0.2) is 0 Å². The first-order valence-electron chi connectivity index (χ1n) is 8.50. The second-order valence-electron chi connectivity index (χ2n) is 7.58. The molecule has 2 aromatic rings. The summed E-state index contributed by atoms with van der Waals surface area (Å²) in [5.41, 5.74) is 9.23. The molecule has 0 saturated carbocycles. The van der Waals surface area contributed by atoms with Gasteiger partial charge in [-0.05, 0) is 53.2 Å². The lowest BCUT2D eigenvalue weighted by Crippen LogP contribution is -2.41. The Bertz CT molecular complexity index is 825. The third-order valence-electron chi connectivity index (χ3n) is 5.23. The summed E-state index contributed by atoms with van der Waals surface area (Å²) in [5, 5.41) is 6.68. The molecule has 2 heterocycles. The average Bonchev–Trinajstić information content (AvgIpc) is 2.97. The van der Waals surface area contributed by atoms with Crippen molar-refractivity contribution < 1.29 is 18.6 Å². The smallest absolute Gasteiger partial charge is 0.399 e. The summed E-state index contributed by atoms with van der Waals surface area (Å²) in [7, 11) is -0.662. The van der Waals surface area contributed by atoms with Gasteiger partial charge in [0.25, 0.3) is 0 Å². The van der Waals surface area contributed by atoms with E-state index in [4.69, 9.17) is 19.6 Å². The number of rotatable bonds is 4. The third kappa shape index (κ3) is 2.89. The van der Waals surface area contributed by atoms with Crippen LogP contribution in [0.4, 0.5) is 11.4 Å². The predicted molar refractivity (Wildman–Crippen MR) is 101 cm³/mol. The molecule has 1 aromatic heterocycles. The number of carbonyl (C=O) groups excluding carboxylic acids is 1. The molecule has 0 unspecified atom stereocenters.